The predicted molar refractivity (Wildman–Crippen MR) is 91.2 cm³/mol. The number of rotatable bonds is 2. The van der Waals surface area contributed by atoms with Crippen molar-refractivity contribution in [3.05, 3.63) is 17.8 Å². The van der Waals surface area contributed by atoms with Gasteiger partial charge in [0.05, 0.1) is 0 Å². The molecule has 2 saturated heterocycles. The van der Waals surface area contributed by atoms with Crippen LogP contribution in [-0.2, 0) is 4.79 Å². The van der Waals surface area contributed by atoms with Crippen LogP contribution in [0, 0.1) is 0 Å². The minimum absolute atomic E-state index is 0.0212. The van der Waals surface area contributed by atoms with Gasteiger partial charge in [-0.15, -0.1) is 0 Å². The minimum Gasteiger partial charge on any atom is -0.447 e. The molecule has 2 aliphatic heterocycles. The standard InChI is InChI=1S/C18H26N4O3/c1-20-8-7-18(6-5-14(20)23)11-22(10-9-21(18)2)17(24)15-16(13-3-4-13)25-12-19-15/h12-13H,3-11H2,1-2H3/t18-/m0/s1. The molecule has 1 aromatic rings. The number of hydrogen-bond acceptors (Lipinski definition) is 5. The Labute approximate surface area is 148 Å². The second kappa shape index (κ2) is 6.12. The molecule has 0 bridgehead atoms. The molecule has 136 valence electrons. The first-order chi connectivity index (χ1) is 12.0. The first-order valence-corrected chi connectivity index (χ1v) is 9.18. The number of carbonyl (C=O) groups is 2. The Bertz CT molecular complexity index is 684. The number of likely N-dealkylation sites (tertiary alicyclic amines) is 1. The molecule has 0 aromatic carbocycles. The summed E-state index contributed by atoms with van der Waals surface area (Å²) in [6.07, 6.45) is 5.79. The zero-order valence-corrected chi connectivity index (χ0v) is 15.0. The van der Waals surface area contributed by atoms with Crippen molar-refractivity contribution in [2.75, 3.05) is 40.3 Å². The Morgan fingerprint density at radius 2 is 2.04 bits per heavy atom. The van der Waals surface area contributed by atoms with E-state index in [9.17, 15) is 9.59 Å². The normalized spacial score (nSPS) is 28.5. The lowest BCUT2D eigenvalue weighted by molar-refractivity contribution is -0.129. The van der Waals surface area contributed by atoms with Crippen LogP contribution in [0.3, 0.4) is 0 Å². The fourth-order valence-electron chi connectivity index (χ4n) is 4.13. The molecule has 7 nitrogen and oxygen atoms in total. The van der Waals surface area contributed by atoms with Gasteiger partial charge in [-0.05, 0) is 32.7 Å². The fraction of sp³-hybridized carbons (Fsp3) is 0.722. The average Bonchev–Trinajstić information content (AvgIpc) is 3.37. The number of piperazine rings is 1. The van der Waals surface area contributed by atoms with Gasteiger partial charge < -0.3 is 14.2 Å². The molecule has 3 aliphatic rings. The molecule has 1 atom stereocenters. The number of amides is 2. The van der Waals surface area contributed by atoms with Crippen molar-refractivity contribution in [3.8, 4) is 0 Å². The van der Waals surface area contributed by atoms with E-state index in [1.165, 1.54) is 6.39 Å². The lowest BCUT2D eigenvalue weighted by Gasteiger charge is -2.49. The SMILES string of the molecule is CN1CC[C@@]2(CCC1=O)CN(C(=O)c1ncoc1C1CC1)CCN2C. The monoisotopic (exact) mass is 346 g/mol. The van der Waals surface area contributed by atoms with Crippen LogP contribution in [0.4, 0.5) is 0 Å². The molecular formula is C18H26N4O3. The van der Waals surface area contributed by atoms with Crippen LogP contribution in [0.15, 0.2) is 10.8 Å². The second-order valence-electron chi connectivity index (χ2n) is 7.78. The fourth-order valence-corrected chi connectivity index (χ4v) is 4.13. The molecule has 3 heterocycles. The van der Waals surface area contributed by atoms with Gasteiger partial charge in [-0.25, -0.2) is 4.98 Å². The predicted octanol–water partition coefficient (Wildman–Crippen LogP) is 1.32. The smallest absolute Gasteiger partial charge is 0.276 e. The van der Waals surface area contributed by atoms with E-state index in [1.54, 1.807) is 0 Å². The highest BCUT2D eigenvalue weighted by Gasteiger charge is 2.44. The lowest BCUT2D eigenvalue weighted by Crippen LogP contribution is -2.62. The first kappa shape index (κ1) is 16.6. The van der Waals surface area contributed by atoms with Gasteiger partial charge in [0.25, 0.3) is 5.91 Å². The van der Waals surface area contributed by atoms with Gasteiger partial charge in [0.2, 0.25) is 5.91 Å². The van der Waals surface area contributed by atoms with Gasteiger partial charge in [0.1, 0.15) is 5.76 Å². The van der Waals surface area contributed by atoms with Gasteiger partial charge in [0, 0.05) is 51.1 Å². The van der Waals surface area contributed by atoms with E-state index in [1.807, 2.05) is 16.8 Å². The lowest BCUT2D eigenvalue weighted by atomic mass is 9.86. The van der Waals surface area contributed by atoms with E-state index in [0.29, 0.717) is 31.1 Å². The third-order valence-electron chi connectivity index (χ3n) is 6.18. The molecule has 1 saturated carbocycles. The van der Waals surface area contributed by atoms with Crippen molar-refractivity contribution in [3.63, 3.8) is 0 Å². The first-order valence-electron chi connectivity index (χ1n) is 9.18. The van der Waals surface area contributed by atoms with Gasteiger partial charge in [-0.2, -0.15) is 0 Å². The van der Waals surface area contributed by atoms with E-state index >= 15 is 0 Å². The Morgan fingerprint density at radius 1 is 1.24 bits per heavy atom. The zero-order valence-electron chi connectivity index (χ0n) is 15.0. The molecule has 1 spiro atoms. The highest BCUT2D eigenvalue weighted by molar-refractivity contribution is 5.93. The molecule has 1 aliphatic carbocycles. The summed E-state index contributed by atoms with van der Waals surface area (Å²) in [5.74, 6) is 1.30. The van der Waals surface area contributed by atoms with Crippen LogP contribution in [0.25, 0.3) is 0 Å². The summed E-state index contributed by atoms with van der Waals surface area (Å²) in [6.45, 7) is 2.90. The van der Waals surface area contributed by atoms with Crippen molar-refractivity contribution in [2.24, 2.45) is 0 Å². The third kappa shape index (κ3) is 2.94. The highest BCUT2D eigenvalue weighted by atomic mass is 16.3. The summed E-state index contributed by atoms with van der Waals surface area (Å²) in [5, 5.41) is 0. The zero-order chi connectivity index (χ0) is 17.6. The van der Waals surface area contributed by atoms with E-state index < -0.39 is 0 Å². The number of likely N-dealkylation sites (N-methyl/N-ethyl adjacent to an activating group) is 1. The highest BCUT2D eigenvalue weighted by Crippen LogP contribution is 2.42. The van der Waals surface area contributed by atoms with Gasteiger partial charge >= 0.3 is 0 Å². The van der Waals surface area contributed by atoms with Crippen molar-refractivity contribution in [1.82, 2.24) is 19.7 Å². The van der Waals surface area contributed by atoms with Crippen LogP contribution in [0.5, 0.6) is 0 Å². The molecule has 25 heavy (non-hydrogen) atoms. The summed E-state index contributed by atoms with van der Waals surface area (Å²) >= 11 is 0. The minimum atomic E-state index is -0.127. The van der Waals surface area contributed by atoms with E-state index in [0.717, 1.165) is 44.5 Å². The van der Waals surface area contributed by atoms with Crippen LogP contribution in [0.2, 0.25) is 0 Å². The number of aromatic nitrogens is 1. The molecule has 1 aromatic heterocycles. The number of nitrogens with zero attached hydrogens (tertiary/aromatic N) is 4. The number of oxazole rings is 1. The van der Waals surface area contributed by atoms with E-state index in [4.69, 9.17) is 4.42 Å². The topological polar surface area (TPSA) is 69.9 Å². The van der Waals surface area contributed by atoms with Crippen LogP contribution >= 0.6 is 0 Å². The Morgan fingerprint density at radius 3 is 2.80 bits per heavy atom. The molecule has 7 heteroatoms. The second-order valence-corrected chi connectivity index (χ2v) is 7.78. The van der Waals surface area contributed by atoms with E-state index in [-0.39, 0.29) is 17.4 Å². The maximum atomic E-state index is 13.1. The molecule has 2 amide bonds. The Balaban J connectivity index is 1.54. The third-order valence-corrected chi connectivity index (χ3v) is 6.18. The number of hydrogen-bond donors (Lipinski definition) is 0. The molecule has 0 radical (unpaired) electrons. The Hall–Kier alpha value is -1.89. The summed E-state index contributed by atoms with van der Waals surface area (Å²) in [5.41, 5.74) is 0.363. The van der Waals surface area contributed by atoms with Crippen molar-refractivity contribution in [2.45, 2.75) is 43.6 Å². The van der Waals surface area contributed by atoms with Crippen molar-refractivity contribution in [1.29, 1.82) is 0 Å². The summed E-state index contributed by atoms with van der Waals surface area (Å²) in [6, 6.07) is 0. The molecule has 4 rings (SSSR count). The summed E-state index contributed by atoms with van der Waals surface area (Å²) < 4.78 is 5.49. The van der Waals surface area contributed by atoms with Gasteiger partial charge in [-0.1, -0.05) is 0 Å². The van der Waals surface area contributed by atoms with Crippen LogP contribution in [-0.4, -0.2) is 77.3 Å². The Kier molecular flexibility index (Phi) is 4.06. The largest absolute Gasteiger partial charge is 0.447 e. The summed E-state index contributed by atoms with van der Waals surface area (Å²) in [4.78, 5) is 35.4. The van der Waals surface area contributed by atoms with Crippen molar-refractivity contribution >= 4 is 11.8 Å². The molecule has 0 N–H and O–H groups in total. The van der Waals surface area contributed by atoms with E-state index in [2.05, 4.69) is 16.9 Å². The van der Waals surface area contributed by atoms with Crippen LogP contribution < -0.4 is 0 Å². The van der Waals surface area contributed by atoms with Crippen LogP contribution in [0.1, 0.15) is 54.3 Å². The quantitative estimate of drug-likeness (QED) is 0.808. The average molecular weight is 346 g/mol. The summed E-state index contributed by atoms with van der Waals surface area (Å²) in [7, 11) is 3.98. The van der Waals surface area contributed by atoms with Gasteiger partial charge in [0.15, 0.2) is 12.1 Å². The number of carbonyl (C=O) groups excluding carboxylic acids is 2. The molecular weight excluding hydrogens is 320 g/mol. The van der Waals surface area contributed by atoms with Crippen molar-refractivity contribution < 1.29 is 14.0 Å². The van der Waals surface area contributed by atoms with Gasteiger partial charge in [-0.3, -0.25) is 14.5 Å². The maximum Gasteiger partial charge on any atom is 0.276 e. The maximum absolute atomic E-state index is 13.1. The molecule has 0 unspecified atom stereocenters. The molecule has 3 fully saturated rings.